The Hall–Kier alpha value is -2.17. The Kier molecular flexibility index (Phi) is 4.97. The minimum atomic E-state index is 0.730. The van der Waals surface area contributed by atoms with Gasteiger partial charge in [-0.2, -0.15) is 5.10 Å². The van der Waals surface area contributed by atoms with Gasteiger partial charge in [-0.05, 0) is 56.7 Å². The van der Waals surface area contributed by atoms with E-state index in [4.69, 9.17) is 11.6 Å². The number of nitrogens with one attached hydrogen (secondary N) is 1. The first-order valence-electron chi connectivity index (χ1n) is 7.98. The molecule has 2 aromatic heterocycles. The molecule has 0 atom stereocenters. The molecule has 0 aliphatic carbocycles. The SMILES string of the molecule is Cc1cccnc1CNCc1c(C)nn(-c2ccc(Cl)cc2)c1C. The van der Waals surface area contributed by atoms with Gasteiger partial charge in [0.2, 0.25) is 0 Å². The fourth-order valence-corrected chi connectivity index (χ4v) is 2.90. The predicted octanol–water partition coefficient (Wildman–Crippen LogP) is 4.14. The van der Waals surface area contributed by atoms with E-state index in [9.17, 15) is 0 Å². The number of benzene rings is 1. The highest BCUT2D eigenvalue weighted by Gasteiger charge is 2.12. The highest BCUT2D eigenvalue weighted by atomic mass is 35.5. The maximum atomic E-state index is 5.97. The van der Waals surface area contributed by atoms with Gasteiger partial charge >= 0.3 is 0 Å². The van der Waals surface area contributed by atoms with E-state index in [1.807, 2.05) is 48.1 Å². The van der Waals surface area contributed by atoms with Crippen molar-refractivity contribution < 1.29 is 0 Å². The number of halogens is 1. The second kappa shape index (κ2) is 7.16. The van der Waals surface area contributed by atoms with Crippen molar-refractivity contribution in [3.8, 4) is 5.69 Å². The third kappa shape index (κ3) is 3.50. The van der Waals surface area contributed by atoms with Crippen molar-refractivity contribution in [1.29, 1.82) is 0 Å². The average Bonchev–Trinajstić information content (AvgIpc) is 2.85. The lowest BCUT2D eigenvalue weighted by Crippen LogP contribution is -2.15. The lowest BCUT2D eigenvalue weighted by molar-refractivity contribution is 0.671. The summed E-state index contributed by atoms with van der Waals surface area (Å²) in [5.74, 6) is 0. The second-order valence-electron chi connectivity index (χ2n) is 5.91. The molecule has 1 aromatic carbocycles. The zero-order valence-corrected chi connectivity index (χ0v) is 14.9. The molecule has 3 aromatic rings. The van der Waals surface area contributed by atoms with E-state index >= 15 is 0 Å². The molecule has 0 aliphatic rings. The van der Waals surface area contributed by atoms with Crippen LogP contribution in [0.5, 0.6) is 0 Å². The molecule has 0 saturated heterocycles. The van der Waals surface area contributed by atoms with Crippen LogP contribution in [0.1, 0.15) is 28.2 Å². The summed E-state index contributed by atoms with van der Waals surface area (Å²) in [5.41, 5.74) is 6.70. The molecule has 0 aliphatic heterocycles. The number of rotatable bonds is 5. The normalized spacial score (nSPS) is 11.0. The summed E-state index contributed by atoms with van der Waals surface area (Å²) in [6, 6.07) is 11.8. The summed E-state index contributed by atoms with van der Waals surface area (Å²) in [7, 11) is 0. The lowest BCUT2D eigenvalue weighted by atomic mass is 10.2. The van der Waals surface area contributed by atoms with Crippen LogP contribution in [-0.2, 0) is 13.1 Å². The van der Waals surface area contributed by atoms with Crippen LogP contribution >= 0.6 is 11.6 Å². The Morgan fingerprint density at radius 3 is 2.50 bits per heavy atom. The van der Waals surface area contributed by atoms with Gasteiger partial charge in [0, 0.05) is 35.6 Å². The maximum absolute atomic E-state index is 5.97. The highest BCUT2D eigenvalue weighted by Crippen LogP contribution is 2.19. The Morgan fingerprint density at radius 1 is 1.04 bits per heavy atom. The van der Waals surface area contributed by atoms with Crippen molar-refractivity contribution in [2.75, 3.05) is 0 Å². The third-order valence-corrected chi connectivity index (χ3v) is 4.48. The van der Waals surface area contributed by atoms with E-state index in [1.54, 1.807) is 0 Å². The first-order chi connectivity index (χ1) is 11.6. The Balaban J connectivity index is 1.75. The van der Waals surface area contributed by atoms with Gasteiger partial charge < -0.3 is 5.32 Å². The first-order valence-corrected chi connectivity index (χ1v) is 8.36. The van der Waals surface area contributed by atoms with Gasteiger partial charge in [0.05, 0.1) is 17.1 Å². The highest BCUT2D eigenvalue weighted by molar-refractivity contribution is 6.30. The number of nitrogens with zero attached hydrogens (tertiary/aromatic N) is 3. The minimum absolute atomic E-state index is 0.730. The topological polar surface area (TPSA) is 42.7 Å². The number of pyridine rings is 1. The van der Waals surface area contributed by atoms with Gasteiger partial charge in [0.15, 0.2) is 0 Å². The second-order valence-corrected chi connectivity index (χ2v) is 6.34. The Bertz CT molecular complexity index is 837. The van der Waals surface area contributed by atoms with Crippen molar-refractivity contribution in [3.05, 3.63) is 75.8 Å². The summed E-state index contributed by atoms with van der Waals surface area (Å²) in [4.78, 5) is 4.42. The van der Waals surface area contributed by atoms with Crippen molar-refractivity contribution in [2.45, 2.75) is 33.9 Å². The Morgan fingerprint density at radius 2 is 1.79 bits per heavy atom. The van der Waals surface area contributed by atoms with Crippen LogP contribution in [0, 0.1) is 20.8 Å². The lowest BCUT2D eigenvalue weighted by Gasteiger charge is -2.08. The largest absolute Gasteiger partial charge is 0.307 e. The quantitative estimate of drug-likeness (QED) is 0.759. The minimum Gasteiger partial charge on any atom is -0.307 e. The molecule has 0 bridgehead atoms. The van der Waals surface area contributed by atoms with E-state index in [-0.39, 0.29) is 0 Å². The predicted molar refractivity (Wildman–Crippen MR) is 97.6 cm³/mol. The molecular weight excluding hydrogens is 320 g/mol. The van der Waals surface area contributed by atoms with Crippen LogP contribution in [0.4, 0.5) is 0 Å². The summed E-state index contributed by atoms with van der Waals surface area (Å²) >= 11 is 5.97. The molecule has 124 valence electrons. The van der Waals surface area contributed by atoms with Crippen LogP contribution < -0.4 is 5.32 Å². The van der Waals surface area contributed by atoms with E-state index < -0.39 is 0 Å². The Labute approximate surface area is 147 Å². The number of hydrogen-bond acceptors (Lipinski definition) is 3. The third-order valence-electron chi connectivity index (χ3n) is 4.22. The number of hydrogen-bond donors (Lipinski definition) is 1. The molecule has 4 nitrogen and oxygen atoms in total. The van der Waals surface area contributed by atoms with Gasteiger partial charge in [-0.15, -0.1) is 0 Å². The van der Waals surface area contributed by atoms with Crippen LogP contribution in [0.2, 0.25) is 5.02 Å². The van der Waals surface area contributed by atoms with Gasteiger partial charge in [0.1, 0.15) is 0 Å². The molecule has 0 amide bonds. The fraction of sp³-hybridized carbons (Fsp3) is 0.263. The van der Waals surface area contributed by atoms with E-state index in [0.717, 1.165) is 40.9 Å². The molecular formula is C19H21ClN4. The monoisotopic (exact) mass is 340 g/mol. The average molecular weight is 341 g/mol. The standard InChI is InChI=1S/C19H21ClN4/c1-13-5-4-10-22-19(13)12-21-11-18-14(2)23-24(15(18)3)17-8-6-16(20)7-9-17/h4-10,21H,11-12H2,1-3H3. The molecule has 5 heteroatoms. The van der Waals surface area contributed by atoms with Gasteiger partial charge in [0.25, 0.3) is 0 Å². The zero-order valence-electron chi connectivity index (χ0n) is 14.2. The summed E-state index contributed by atoms with van der Waals surface area (Å²) < 4.78 is 1.97. The fourth-order valence-electron chi connectivity index (χ4n) is 2.77. The van der Waals surface area contributed by atoms with Crippen molar-refractivity contribution in [1.82, 2.24) is 20.1 Å². The van der Waals surface area contributed by atoms with Crippen LogP contribution in [-0.4, -0.2) is 14.8 Å². The first kappa shape index (κ1) is 16.7. The molecule has 0 fully saturated rings. The van der Waals surface area contributed by atoms with E-state index in [2.05, 4.69) is 35.3 Å². The van der Waals surface area contributed by atoms with Gasteiger partial charge in [-0.3, -0.25) is 4.98 Å². The van der Waals surface area contributed by atoms with Crippen molar-refractivity contribution in [3.63, 3.8) is 0 Å². The molecule has 3 rings (SSSR count). The van der Waals surface area contributed by atoms with Gasteiger partial charge in [-0.25, -0.2) is 4.68 Å². The summed E-state index contributed by atoms with van der Waals surface area (Å²) in [6.45, 7) is 7.73. The zero-order chi connectivity index (χ0) is 17.1. The van der Waals surface area contributed by atoms with Crippen molar-refractivity contribution >= 4 is 11.6 Å². The summed E-state index contributed by atoms with van der Waals surface area (Å²) in [5, 5.41) is 8.88. The molecule has 2 heterocycles. The molecule has 0 saturated carbocycles. The van der Waals surface area contributed by atoms with Gasteiger partial charge in [-0.1, -0.05) is 17.7 Å². The molecule has 1 N–H and O–H groups in total. The number of aryl methyl sites for hydroxylation is 2. The van der Waals surface area contributed by atoms with Crippen LogP contribution in [0.25, 0.3) is 5.69 Å². The van der Waals surface area contributed by atoms with E-state index in [0.29, 0.717) is 0 Å². The molecule has 0 radical (unpaired) electrons. The van der Waals surface area contributed by atoms with Crippen molar-refractivity contribution in [2.24, 2.45) is 0 Å². The van der Waals surface area contributed by atoms with Crippen LogP contribution in [0.15, 0.2) is 42.6 Å². The summed E-state index contributed by atoms with van der Waals surface area (Å²) in [6.07, 6.45) is 1.83. The molecule has 24 heavy (non-hydrogen) atoms. The maximum Gasteiger partial charge on any atom is 0.0649 e. The van der Waals surface area contributed by atoms with Crippen LogP contribution in [0.3, 0.4) is 0 Å². The smallest absolute Gasteiger partial charge is 0.0649 e. The molecule has 0 spiro atoms. The molecule has 0 unspecified atom stereocenters. The van der Waals surface area contributed by atoms with E-state index in [1.165, 1.54) is 11.1 Å². The number of aromatic nitrogens is 3.